The number of nitrogens with zero attached hydrogens (tertiary/aromatic N) is 4. The van der Waals surface area contributed by atoms with Gasteiger partial charge in [0.1, 0.15) is 5.69 Å². The zero-order chi connectivity index (χ0) is 13.0. The van der Waals surface area contributed by atoms with Crippen LogP contribution in [0.4, 0.5) is 17.5 Å². The van der Waals surface area contributed by atoms with Crippen LogP contribution in [0.25, 0.3) is 0 Å². The van der Waals surface area contributed by atoms with Crippen LogP contribution in [0.2, 0.25) is 0 Å². The van der Waals surface area contributed by atoms with E-state index in [2.05, 4.69) is 15.3 Å². The number of methoxy groups -OCH3 is 1. The molecular formula is C10H17N5O2. The Bertz CT molecular complexity index is 383. The average Bonchev–Trinajstić information content (AvgIpc) is 2.35. The number of nitrogens with one attached hydrogen (secondary N) is 1. The minimum atomic E-state index is 0.350. The summed E-state index contributed by atoms with van der Waals surface area (Å²) in [5, 5.41) is 2.92. The fourth-order valence-electron chi connectivity index (χ4n) is 1.31. The van der Waals surface area contributed by atoms with Crippen molar-refractivity contribution < 1.29 is 9.53 Å². The van der Waals surface area contributed by atoms with E-state index in [1.807, 2.05) is 14.1 Å². The zero-order valence-corrected chi connectivity index (χ0v) is 10.7. The third-order valence-electron chi connectivity index (χ3n) is 2.18. The summed E-state index contributed by atoms with van der Waals surface area (Å²) in [6.07, 6.45) is 0.678. The van der Waals surface area contributed by atoms with E-state index < -0.39 is 0 Å². The fraction of sp³-hybridized carbons (Fsp3) is 0.500. The molecule has 17 heavy (non-hydrogen) atoms. The predicted molar refractivity (Wildman–Crippen MR) is 66.9 cm³/mol. The van der Waals surface area contributed by atoms with Crippen molar-refractivity contribution >= 4 is 23.9 Å². The molecule has 0 aliphatic heterocycles. The minimum Gasteiger partial charge on any atom is -0.479 e. The Hall–Kier alpha value is -2.05. The van der Waals surface area contributed by atoms with E-state index in [9.17, 15) is 4.79 Å². The summed E-state index contributed by atoms with van der Waals surface area (Å²) in [5.41, 5.74) is 0.510. The summed E-state index contributed by atoms with van der Waals surface area (Å²) in [6.45, 7) is 0. The summed E-state index contributed by atoms with van der Waals surface area (Å²) in [7, 11) is 8.51. The zero-order valence-electron chi connectivity index (χ0n) is 10.7. The van der Waals surface area contributed by atoms with Crippen LogP contribution in [-0.2, 0) is 4.79 Å². The molecule has 1 heterocycles. The van der Waals surface area contributed by atoms with E-state index in [1.54, 1.807) is 19.0 Å². The smallest absolute Gasteiger partial charge is 0.244 e. The SMILES string of the molecule is CNc1nc(N(C)C)nc(OC)c1N(C)C=O. The van der Waals surface area contributed by atoms with Gasteiger partial charge in [-0.25, -0.2) is 0 Å². The quantitative estimate of drug-likeness (QED) is 0.739. The molecule has 0 bridgehead atoms. The Morgan fingerprint density at radius 1 is 1.29 bits per heavy atom. The van der Waals surface area contributed by atoms with Crippen molar-refractivity contribution in [1.82, 2.24) is 9.97 Å². The maximum Gasteiger partial charge on any atom is 0.244 e. The molecule has 0 unspecified atom stereocenters. The Labute approximate surface area is 100 Å². The predicted octanol–water partition coefficient (Wildman–Crippen LogP) is 0.185. The number of amides is 1. The molecule has 0 radical (unpaired) electrons. The molecule has 1 aromatic rings. The Morgan fingerprint density at radius 3 is 2.35 bits per heavy atom. The molecule has 7 nitrogen and oxygen atoms in total. The Kier molecular flexibility index (Phi) is 4.08. The first-order chi connectivity index (χ1) is 8.04. The largest absolute Gasteiger partial charge is 0.479 e. The molecule has 0 atom stereocenters. The molecule has 1 amide bonds. The van der Waals surface area contributed by atoms with E-state index in [1.165, 1.54) is 12.0 Å². The highest BCUT2D eigenvalue weighted by atomic mass is 16.5. The summed E-state index contributed by atoms with van der Waals surface area (Å²) in [5.74, 6) is 1.40. The van der Waals surface area contributed by atoms with Crippen LogP contribution in [0.5, 0.6) is 5.88 Å². The van der Waals surface area contributed by atoms with Crippen molar-refractivity contribution in [3.05, 3.63) is 0 Å². The fourth-order valence-corrected chi connectivity index (χ4v) is 1.31. The van der Waals surface area contributed by atoms with Crippen molar-refractivity contribution in [2.75, 3.05) is 50.4 Å². The first-order valence-corrected chi connectivity index (χ1v) is 5.04. The molecule has 0 aromatic carbocycles. The molecular weight excluding hydrogens is 222 g/mol. The third-order valence-corrected chi connectivity index (χ3v) is 2.18. The van der Waals surface area contributed by atoms with Crippen molar-refractivity contribution in [3.63, 3.8) is 0 Å². The van der Waals surface area contributed by atoms with Crippen LogP contribution in [0.3, 0.4) is 0 Å². The van der Waals surface area contributed by atoms with Gasteiger partial charge in [-0.1, -0.05) is 0 Å². The van der Waals surface area contributed by atoms with Crippen LogP contribution in [0.1, 0.15) is 0 Å². The number of anilines is 3. The van der Waals surface area contributed by atoms with Gasteiger partial charge in [-0.05, 0) is 0 Å². The van der Waals surface area contributed by atoms with Gasteiger partial charge < -0.3 is 19.9 Å². The second-order valence-electron chi connectivity index (χ2n) is 3.59. The van der Waals surface area contributed by atoms with Crippen LogP contribution in [0, 0.1) is 0 Å². The minimum absolute atomic E-state index is 0.350. The first kappa shape index (κ1) is 13.0. The van der Waals surface area contributed by atoms with Gasteiger partial charge in [0.15, 0.2) is 5.82 Å². The molecule has 94 valence electrons. The van der Waals surface area contributed by atoms with Crippen LogP contribution < -0.4 is 19.9 Å². The molecule has 0 spiro atoms. The highest BCUT2D eigenvalue weighted by Crippen LogP contribution is 2.33. The first-order valence-electron chi connectivity index (χ1n) is 5.04. The van der Waals surface area contributed by atoms with Crippen LogP contribution in [0.15, 0.2) is 0 Å². The lowest BCUT2D eigenvalue weighted by Gasteiger charge is -2.20. The van der Waals surface area contributed by atoms with Gasteiger partial charge in [0, 0.05) is 28.2 Å². The summed E-state index contributed by atoms with van der Waals surface area (Å²) in [4.78, 5) is 22.5. The topological polar surface area (TPSA) is 70.6 Å². The molecule has 0 aliphatic carbocycles. The van der Waals surface area contributed by atoms with Gasteiger partial charge in [0.25, 0.3) is 0 Å². The van der Waals surface area contributed by atoms with Gasteiger partial charge >= 0.3 is 0 Å². The lowest BCUT2D eigenvalue weighted by atomic mass is 10.4. The van der Waals surface area contributed by atoms with Crippen molar-refractivity contribution in [2.45, 2.75) is 0 Å². The van der Waals surface area contributed by atoms with E-state index in [4.69, 9.17) is 4.74 Å². The number of carbonyl (C=O) groups excluding carboxylic acids is 1. The van der Waals surface area contributed by atoms with Gasteiger partial charge in [-0.3, -0.25) is 4.79 Å². The lowest BCUT2D eigenvalue weighted by Crippen LogP contribution is -2.20. The number of aromatic nitrogens is 2. The molecule has 0 aliphatic rings. The second kappa shape index (κ2) is 5.33. The second-order valence-corrected chi connectivity index (χ2v) is 3.59. The van der Waals surface area contributed by atoms with Crippen LogP contribution >= 0.6 is 0 Å². The van der Waals surface area contributed by atoms with Gasteiger partial charge in [0.05, 0.1) is 7.11 Å². The third kappa shape index (κ3) is 2.55. The summed E-state index contributed by atoms with van der Waals surface area (Å²) in [6, 6.07) is 0. The lowest BCUT2D eigenvalue weighted by molar-refractivity contribution is -0.107. The number of ether oxygens (including phenoxy) is 1. The number of carbonyl (C=O) groups is 1. The normalized spacial score (nSPS) is 9.71. The summed E-state index contributed by atoms with van der Waals surface area (Å²) >= 11 is 0. The highest BCUT2D eigenvalue weighted by molar-refractivity contribution is 5.85. The molecule has 7 heteroatoms. The monoisotopic (exact) mass is 239 g/mol. The van der Waals surface area contributed by atoms with Crippen molar-refractivity contribution in [2.24, 2.45) is 0 Å². The number of rotatable bonds is 5. The van der Waals surface area contributed by atoms with E-state index in [-0.39, 0.29) is 0 Å². The molecule has 0 fully saturated rings. The van der Waals surface area contributed by atoms with Gasteiger partial charge in [0.2, 0.25) is 18.2 Å². The van der Waals surface area contributed by atoms with E-state index >= 15 is 0 Å². The highest BCUT2D eigenvalue weighted by Gasteiger charge is 2.18. The van der Waals surface area contributed by atoms with Crippen molar-refractivity contribution in [3.8, 4) is 5.88 Å². The average molecular weight is 239 g/mol. The molecule has 0 saturated heterocycles. The van der Waals surface area contributed by atoms with Gasteiger partial charge in [-0.15, -0.1) is 0 Å². The van der Waals surface area contributed by atoms with E-state index in [0.29, 0.717) is 29.7 Å². The van der Waals surface area contributed by atoms with Gasteiger partial charge in [-0.2, -0.15) is 9.97 Å². The van der Waals surface area contributed by atoms with E-state index in [0.717, 1.165) is 0 Å². The number of hydrogen-bond acceptors (Lipinski definition) is 6. The molecule has 1 N–H and O–H groups in total. The summed E-state index contributed by atoms with van der Waals surface area (Å²) < 4.78 is 5.18. The molecule has 0 saturated carbocycles. The molecule has 1 aromatic heterocycles. The molecule has 1 rings (SSSR count). The van der Waals surface area contributed by atoms with Crippen molar-refractivity contribution in [1.29, 1.82) is 0 Å². The Balaban J connectivity index is 3.41. The standard InChI is InChI=1S/C10H17N5O2/c1-11-8-7(15(4)6-16)9(17-5)13-10(12-8)14(2)3/h6H,1-5H3,(H,11,12,13). The maximum atomic E-state index is 10.8. The van der Waals surface area contributed by atoms with Crippen LogP contribution in [-0.4, -0.2) is 51.7 Å². The number of hydrogen-bond donors (Lipinski definition) is 1. The maximum absolute atomic E-state index is 10.8. The Morgan fingerprint density at radius 2 is 1.94 bits per heavy atom.